The zero-order chi connectivity index (χ0) is 20.6. The standard InChI is InChI=1S/C20H37F3N4O/c1-4-24-18(25-16-19(8-6-7-9-19)10-15-28-5-2)27-13-11-26(12-14-27)17(3)20(21,22)23/h17H,4-16H2,1-3H3,(H,24,25). The minimum absolute atomic E-state index is 0.211. The number of halogens is 3. The highest BCUT2D eigenvalue weighted by atomic mass is 19.4. The van der Waals surface area contributed by atoms with E-state index in [1.165, 1.54) is 37.5 Å². The number of nitrogens with one attached hydrogen (secondary N) is 1. The van der Waals surface area contributed by atoms with E-state index >= 15 is 0 Å². The maximum atomic E-state index is 13.0. The number of guanidine groups is 1. The summed E-state index contributed by atoms with van der Waals surface area (Å²) in [4.78, 5) is 8.54. The van der Waals surface area contributed by atoms with Gasteiger partial charge in [0.15, 0.2) is 5.96 Å². The van der Waals surface area contributed by atoms with E-state index in [1.807, 2.05) is 13.8 Å². The van der Waals surface area contributed by atoms with E-state index in [0.717, 1.165) is 38.7 Å². The van der Waals surface area contributed by atoms with Gasteiger partial charge in [0.1, 0.15) is 6.04 Å². The van der Waals surface area contributed by atoms with Gasteiger partial charge in [-0.3, -0.25) is 9.89 Å². The van der Waals surface area contributed by atoms with Crippen LogP contribution in [0.25, 0.3) is 0 Å². The fourth-order valence-electron chi connectivity index (χ4n) is 4.24. The van der Waals surface area contributed by atoms with Crippen molar-refractivity contribution in [3.8, 4) is 0 Å². The van der Waals surface area contributed by atoms with Gasteiger partial charge < -0.3 is 15.0 Å². The summed E-state index contributed by atoms with van der Waals surface area (Å²) in [6, 6.07) is -1.39. The van der Waals surface area contributed by atoms with Crippen LogP contribution in [0.5, 0.6) is 0 Å². The Bertz CT molecular complexity index is 484. The Kier molecular flexibility index (Phi) is 8.86. The van der Waals surface area contributed by atoms with E-state index < -0.39 is 12.2 Å². The Labute approximate surface area is 167 Å². The highest BCUT2D eigenvalue weighted by Crippen LogP contribution is 2.41. The van der Waals surface area contributed by atoms with Gasteiger partial charge in [-0.25, -0.2) is 0 Å². The number of nitrogens with zero attached hydrogens (tertiary/aromatic N) is 3. The molecular weight excluding hydrogens is 369 g/mol. The monoisotopic (exact) mass is 406 g/mol. The van der Waals surface area contributed by atoms with Gasteiger partial charge in [-0.1, -0.05) is 12.8 Å². The number of aliphatic imine (C=N–C) groups is 1. The molecule has 0 aromatic heterocycles. The molecule has 1 atom stereocenters. The minimum atomic E-state index is -4.17. The summed E-state index contributed by atoms with van der Waals surface area (Å²) in [7, 11) is 0. The number of hydrogen-bond donors (Lipinski definition) is 1. The van der Waals surface area contributed by atoms with Gasteiger partial charge >= 0.3 is 6.18 Å². The highest BCUT2D eigenvalue weighted by Gasteiger charge is 2.41. The summed E-state index contributed by atoms with van der Waals surface area (Å²) in [5.74, 6) is 0.837. The third-order valence-electron chi connectivity index (χ3n) is 6.18. The molecule has 2 fully saturated rings. The van der Waals surface area contributed by atoms with Crippen LogP contribution >= 0.6 is 0 Å². The molecule has 164 valence electrons. The largest absolute Gasteiger partial charge is 0.403 e. The van der Waals surface area contributed by atoms with Crippen molar-refractivity contribution in [2.45, 2.75) is 65.1 Å². The Hall–Kier alpha value is -1.02. The van der Waals surface area contributed by atoms with Crippen LogP contribution in [0.4, 0.5) is 13.2 Å². The van der Waals surface area contributed by atoms with Crippen molar-refractivity contribution in [2.75, 3.05) is 52.5 Å². The quantitative estimate of drug-likeness (QED) is 0.380. The van der Waals surface area contributed by atoms with E-state index in [4.69, 9.17) is 9.73 Å². The molecule has 0 amide bonds. The molecule has 28 heavy (non-hydrogen) atoms. The first-order chi connectivity index (χ1) is 13.3. The van der Waals surface area contributed by atoms with Gasteiger partial charge in [-0.2, -0.15) is 13.2 Å². The van der Waals surface area contributed by atoms with E-state index in [0.29, 0.717) is 26.2 Å². The molecule has 1 saturated heterocycles. The van der Waals surface area contributed by atoms with Gasteiger partial charge in [0.2, 0.25) is 0 Å². The molecule has 0 aromatic carbocycles. The van der Waals surface area contributed by atoms with E-state index in [1.54, 1.807) is 0 Å². The van der Waals surface area contributed by atoms with Crippen molar-refractivity contribution >= 4 is 5.96 Å². The Balaban J connectivity index is 1.96. The first-order valence-corrected chi connectivity index (χ1v) is 10.7. The van der Waals surface area contributed by atoms with Gasteiger partial charge in [-0.05, 0) is 45.4 Å². The number of alkyl halides is 3. The van der Waals surface area contributed by atoms with Crippen molar-refractivity contribution in [1.82, 2.24) is 15.1 Å². The van der Waals surface area contributed by atoms with Crippen molar-refractivity contribution in [3.05, 3.63) is 0 Å². The lowest BCUT2D eigenvalue weighted by atomic mass is 9.83. The summed E-state index contributed by atoms with van der Waals surface area (Å²) >= 11 is 0. The summed E-state index contributed by atoms with van der Waals surface area (Å²) in [6.45, 7) is 10.3. The third kappa shape index (κ3) is 6.51. The minimum Gasteiger partial charge on any atom is -0.382 e. The van der Waals surface area contributed by atoms with Crippen molar-refractivity contribution in [3.63, 3.8) is 0 Å². The van der Waals surface area contributed by atoms with Crippen LogP contribution in [0, 0.1) is 5.41 Å². The molecule has 0 bridgehead atoms. The molecule has 0 aromatic rings. The van der Waals surface area contributed by atoms with Gasteiger partial charge in [0, 0.05) is 52.5 Å². The van der Waals surface area contributed by atoms with Crippen LogP contribution in [0.15, 0.2) is 4.99 Å². The molecule has 0 spiro atoms. The molecule has 1 saturated carbocycles. The lowest BCUT2D eigenvalue weighted by Crippen LogP contribution is -2.56. The molecule has 1 heterocycles. The molecular formula is C20H37F3N4O. The van der Waals surface area contributed by atoms with Crippen LogP contribution in [0.1, 0.15) is 52.9 Å². The summed E-state index contributed by atoms with van der Waals surface area (Å²) < 4.78 is 44.5. The zero-order valence-electron chi connectivity index (χ0n) is 17.7. The maximum absolute atomic E-state index is 13.0. The molecule has 1 unspecified atom stereocenters. The van der Waals surface area contributed by atoms with Crippen LogP contribution in [0.2, 0.25) is 0 Å². The van der Waals surface area contributed by atoms with E-state index in [2.05, 4.69) is 10.2 Å². The van der Waals surface area contributed by atoms with Gasteiger partial charge in [0.05, 0.1) is 0 Å². The molecule has 1 aliphatic heterocycles. The average Bonchev–Trinajstić information content (AvgIpc) is 3.13. The summed E-state index contributed by atoms with van der Waals surface area (Å²) in [5, 5.41) is 3.34. The van der Waals surface area contributed by atoms with Gasteiger partial charge in [-0.15, -0.1) is 0 Å². The predicted molar refractivity (Wildman–Crippen MR) is 107 cm³/mol. The second-order valence-corrected chi connectivity index (χ2v) is 8.06. The molecule has 0 radical (unpaired) electrons. The Morgan fingerprint density at radius 1 is 1.14 bits per heavy atom. The van der Waals surface area contributed by atoms with Crippen molar-refractivity contribution in [2.24, 2.45) is 10.4 Å². The number of rotatable bonds is 8. The maximum Gasteiger partial charge on any atom is 0.403 e. The number of ether oxygens (including phenoxy) is 1. The van der Waals surface area contributed by atoms with Crippen LogP contribution in [0.3, 0.4) is 0 Å². The predicted octanol–water partition coefficient (Wildman–Crippen LogP) is 3.51. The van der Waals surface area contributed by atoms with Crippen LogP contribution in [-0.4, -0.2) is 80.5 Å². The Morgan fingerprint density at radius 3 is 2.32 bits per heavy atom. The SMILES string of the molecule is CCNC(=NCC1(CCOCC)CCCC1)N1CCN(C(C)C(F)(F)F)CC1. The van der Waals surface area contributed by atoms with Crippen molar-refractivity contribution in [1.29, 1.82) is 0 Å². The molecule has 2 rings (SSSR count). The first kappa shape index (κ1) is 23.3. The number of piperazine rings is 1. The lowest BCUT2D eigenvalue weighted by molar-refractivity contribution is -0.181. The molecule has 1 N–H and O–H groups in total. The van der Waals surface area contributed by atoms with E-state index in [9.17, 15) is 13.2 Å². The smallest absolute Gasteiger partial charge is 0.382 e. The number of hydrogen-bond acceptors (Lipinski definition) is 3. The van der Waals surface area contributed by atoms with Crippen LogP contribution in [-0.2, 0) is 4.74 Å². The molecule has 1 aliphatic carbocycles. The normalized spacial score (nSPS) is 22.5. The van der Waals surface area contributed by atoms with Crippen molar-refractivity contribution < 1.29 is 17.9 Å². The lowest BCUT2D eigenvalue weighted by Gasteiger charge is -2.40. The second kappa shape index (κ2) is 10.7. The van der Waals surface area contributed by atoms with Crippen LogP contribution < -0.4 is 5.32 Å². The molecule has 2 aliphatic rings. The highest BCUT2D eigenvalue weighted by molar-refractivity contribution is 5.80. The second-order valence-electron chi connectivity index (χ2n) is 8.06. The van der Waals surface area contributed by atoms with Gasteiger partial charge in [0.25, 0.3) is 0 Å². The molecule has 8 heteroatoms. The average molecular weight is 407 g/mol. The topological polar surface area (TPSA) is 40.1 Å². The zero-order valence-corrected chi connectivity index (χ0v) is 17.7. The first-order valence-electron chi connectivity index (χ1n) is 10.7. The molecule has 5 nitrogen and oxygen atoms in total. The van der Waals surface area contributed by atoms with E-state index in [-0.39, 0.29) is 5.41 Å². The summed E-state index contributed by atoms with van der Waals surface area (Å²) in [6.07, 6.45) is 1.70. The Morgan fingerprint density at radius 2 is 1.79 bits per heavy atom. The fourth-order valence-corrected chi connectivity index (χ4v) is 4.24. The third-order valence-corrected chi connectivity index (χ3v) is 6.18. The fraction of sp³-hybridized carbons (Fsp3) is 0.950. The summed E-state index contributed by atoms with van der Waals surface area (Å²) in [5.41, 5.74) is 0.211.